The summed E-state index contributed by atoms with van der Waals surface area (Å²) < 4.78 is 45.7. The highest BCUT2D eigenvalue weighted by atomic mass is 19.1. The van der Waals surface area contributed by atoms with Gasteiger partial charge in [0, 0.05) is 0 Å². The van der Waals surface area contributed by atoms with Gasteiger partial charge in [0.25, 0.3) is 5.91 Å². The molecule has 0 bridgehead atoms. The number of amides is 1. The maximum atomic E-state index is 13.6. The average molecular weight is 384 g/mol. The van der Waals surface area contributed by atoms with E-state index < -0.39 is 17.5 Å². The van der Waals surface area contributed by atoms with E-state index >= 15 is 0 Å². The normalized spacial score (nSPS) is 10.8. The van der Waals surface area contributed by atoms with E-state index in [1.165, 1.54) is 24.3 Å². The maximum absolute atomic E-state index is 13.6. The Morgan fingerprint density at radius 1 is 0.929 bits per heavy atom. The molecule has 0 heterocycles. The number of nitrogens with one attached hydrogen (secondary N) is 1. The van der Waals surface area contributed by atoms with Crippen molar-refractivity contribution in [1.29, 1.82) is 0 Å². The zero-order valence-electron chi connectivity index (χ0n) is 14.5. The highest BCUT2D eigenvalue weighted by molar-refractivity contribution is 5.97. The van der Waals surface area contributed by atoms with Crippen LogP contribution in [0.2, 0.25) is 0 Å². The number of carbonyl (C=O) groups excluding carboxylic acids is 1. The van der Waals surface area contributed by atoms with Gasteiger partial charge in [-0.15, -0.1) is 0 Å². The van der Waals surface area contributed by atoms with E-state index in [4.69, 9.17) is 4.74 Å². The summed E-state index contributed by atoms with van der Waals surface area (Å²) in [7, 11) is 0. The number of hydrazone groups is 1. The average Bonchev–Trinajstić information content (AvgIpc) is 2.70. The van der Waals surface area contributed by atoms with Gasteiger partial charge in [0.1, 0.15) is 29.8 Å². The van der Waals surface area contributed by atoms with Crippen LogP contribution in [0.5, 0.6) is 5.75 Å². The Bertz CT molecular complexity index is 985. The van der Waals surface area contributed by atoms with E-state index in [2.05, 4.69) is 10.5 Å². The van der Waals surface area contributed by atoms with Gasteiger partial charge in [-0.2, -0.15) is 5.10 Å². The molecule has 1 N–H and O–H groups in total. The first kappa shape index (κ1) is 19.2. The van der Waals surface area contributed by atoms with Gasteiger partial charge < -0.3 is 4.74 Å². The van der Waals surface area contributed by atoms with Gasteiger partial charge in [-0.25, -0.2) is 18.6 Å². The summed E-state index contributed by atoms with van der Waals surface area (Å²) in [5.41, 5.74) is 2.77. The van der Waals surface area contributed by atoms with Crippen LogP contribution in [-0.4, -0.2) is 12.1 Å². The second-order valence-electron chi connectivity index (χ2n) is 5.75. The van der Waals surface area contributed by atoms with E-state index in [1.54, 1.807) is 30.3 Å². The van der Waals surface area contributed by atoms with Crippen LogP contribution in [0, 0.1) is 17.5 Å². The Labute approximate surface area is 159 Å². The van der Waals surface area contributed by atoms with Gasteiger partial charge in [0.2, 0.25) is 0 Å². The molecule has 0 saturated carbocycles. The minimum absolute atomic E-state index is 0.133. The number of hydrogen-bond acceptors (Lipinski definition) is 3. The molecule has 0 aliphatic rings. The summed E-state index contributed by atoms with van der Waals surface area (Å²) >= 11 is 0. The Morgan fingerprint density at radius 2 is 1.61 bits per heavy atom. The molecule has 7 heteroatoms. The van der Waals surface area contributed by atoms with Crippen molar-refractivity contribution in [1.82, 2.24) is 5.43 Å². The fraction of sp³-hybridized carbons (Fsp3) is 0.0476. The predicted octanol–water partition coefficient (Wildman–Crippen LogP) is 4.45. The van der Waals surface area contributed by atoms with Crippen LogP contribution in [0.15, 0.2) is 71.8 Å². The molecule has 0 atom stereocenters. The number of nitrogens with zero attached hydrogens (tertiary/aromatic N) is 1. The molecule has 0 saturated heterocycles. The Hall–Kier alpha value is -3.61. The van der Waals surface area contributed by atoms with Crippen LogP contribution in [0.4, 0.5) is 13.2 Å². The SMILES string of the molecule is O=C(N/N=C/c1c(F)cccc1F)c1ccccc1OCc1ccc(F)cc1. The van der Waals surface area contributed by atoms with Crippen LogP contribution >= 0.6 is 0 Å². The molecule has 4 nitrogen and oxygen atoms in total. The number of carbonyl (C=O) groups is 1. The Balaban J connectivity index is 1.68. The zero-order chi connectivity index (χ0) is 19.9. The lowest BCUT2D eigenvalue weighted by molar-refractivity contribution is 0.0950. The second kappa shape index (κ2) is 8.85. The molecule has 0 fully saturated rings. The lowest BCUT2D eigenvalue weighted by Gasteiger charge is -2.10. The van der Waals surface area contributed by atoms with E-state index in [1.807, 2.05) is 0 Å². The van der Waals surface area contributed by atoms with Gasteiger partial charge >= 0.3 is 0 Å². The van der Waals surface area contributed by atoms with Crippen molar-refractivity contribution < 1.29 is 22.7 Å². The number of para-hydroxylation sites is 1. The van der Waals surface area contributed by atoms with E-state index in [0.717, 1.165) is 23.9 Å². The molecule has 0 radical (unpaired) electrons. The molecule has 3 aromatic rings. The van der Waals surface area contributed by atoms with Crippen molar-refractivity contribution in [3.05, 3.63) is 101 Å². The maximum Gasteiger partial charge on any atom is 0.275 e. The van der Waals surface area contributed by atoms with E-state index in [9.17, 15) is 18.0 Å². The molecule has 142 valence electrons. The standard InChI is InChI=1S/C21H15F3N2O2/c22-15-10-8-14(9-11-15)13-28-20-7-2-1-4-16(20)21(27)26-25-12-17-18(23)5-3-6-19(17)24/h1-12H,13H2,(H,26,27)/b25-12+. The fourth-order valence-electron chi connectivity index (χ4n) is 2.37. The van der Waals surface area contributed by atoms with Crippen molar-refractivity contribution in [3.8, 4) is 5.75 Å². The molecule has 0 aliphatic heterocycles. The molecular formula is C21H15F3N2O2. The minimum atomic E-state index is -0.791. The molecular weight excluding hydrogens is 369 g/mol. The minimum Gasteiger partial charge on any atom is -0.488 e. The Kier molecular flexibility index (Phi) is 6.06. The fourth-order valence-corrected chi connectivity index (χ4v) is 2.37. The summed E-state index contributed by atoms with van der Waals surface area (Å²) in [5, 5.41) is 3.61. The van der Waals surface area contributed by atoms with Gasteiger partial charge in [-0.1, -0.05) is 30.3 Å². The third kappa shape index (κ3) is 4.76. The largest absolute Gasteiger partial charge is 0.488 e. The summed E-state index contributed by atoms with van der Waals surface area (Å²) in [6.07, 6.45) is 0.893. The molecule has 0 aliphatic carbocycles. The quantitative estimate of drug-likeness (QED) is 0.504. The van der Waals surface area contributed by atoms with E-state index in [0.29, 0.717) is 0 Å². The number of halogens is 3. The summed E-state index contributed by atoms with van der Waals surface area (Å²) in [4.78, 5) is 12.3. The number of benzene rings is 3. The van der Waals surface area contributed by atoms with Gasteiger partial charge in [-0.05, 0) is 42.0 Å². The summed E-state index contributed by atoms with van der Waals surface area (Å²) in [6.45, 7) is 0.133. The molecule has 0 unspecified atom stereocenters. The number of hydrogen-bond donors (Lipinski definition) is 1. The molecule has 0 spiro atoms. The summed E-state index contributed by atoms with van der Waals surface area (Å²) in [5.74, 6) is -2.26. The van der Waals surface area contributed by atoms with Crippen molar-refractivity contribution in [2.45, 2.75) is 6.61 Å². The first-order chi connectivity index (χ1) is 13.5. The second-order valence-corrected chi connectivity index (χ2v) is 5.75. The van der Waals surface area contributed by atoms with Crippen LogP contribution in [0.3, 0.4) is 0 Å². The third-order valence-electron chi connectivity index (χ3n) is 3.80. The van der Waals surface area contributed by atoms with Crippen LogP contribution in [0.25, 0.3) is 0 Å². The third-order valence-corrected chi connectivity index (χ3v) is 3.80. The van der Waals surface area contributed by atoms with Crippen LogP contribution in [0.1, 0.15) is 21.5 Å². The molecule has 3 aromatic carbocycles. The smallest absolute Gasteiger partial charge is 0.275 e. The zero-order valence-corrected chi connectivity index (χ0v) is 14.5. The topological polar surface area (TPSA) is 50.7 Å². The predicted molar refractivity (Wildman–Crippen MR) is 98.6 cm³/mol. The monoisotopic (exact) mass is 384 g/mol. The lowest BCUT2D eigenvalue weighted by atomic mass is 10.2. The highest BCUT2D eigenvalue weighted by Gasteiger charge is 2.12. The summed E-state index contributed by atoms with van der Waals surface area (Å²) in [6, 6.07) is 15.6. The molecule has 0 aromatic heterocycles. The number of ether oxygens (including phenoxy) is 1. The molecule has 28 heavy (non-hydrogen) atoms. The first-order valence-electron chi connectivity index (χ1n) is 8.28. The molecule has 3 rings (SSSR count). The van der Waals surface area contributed by atoms with Crippen molar-refractivity contribution >= 4 is 12.1 Å². The van der Waals surface area contributed by atoms with Crippen LogP contribution < -0.4 is 10.2 Å². The first-order valence-corrected chi connectivity index (χ1v) is 8.28. The Morgan fingerprint density at radius 3 is 2.32 bits per heavy atom. The van der Waals surface area contributed by atoms with Crippen molar-refractivity contribution in [3.63, 3.8) is 0 Å². The van der Waals surface area contributed by atoms with Gasteiger partial charge in [0.05, 0.1) is 17.3 Å². The van der Waals surface area contributed by atoms with Crippen molar-refractivity contribution in [2.24, 2.45) is 5.10 Å². The lowest BCUT2D eigenvalue weighted by Crippen LogP contribution is -2.19. The van der Waals surface area contributed by atoms with Crippen molar-refractivity contribution in [2.75, 3.05) is 0 Å². The van der Waals surface area contributed by atoms with Gasteiger partial charge in [-0.3, -0.25) is 4.79 Å². The molecule has 1 amide bonds. The van der Waals surface area contributed by atoms with Crippen LogP contribution in [-0.2, 0) is 6.61 Å². The van der Waals surface area contributed by atoms with E-state index in [-0.39, 0.29) is 29.3 Å². The highest BCUT2D eigenvalue weighted by Crippen LogP contribution is 2.19. The number of rotatable bonds is 6. The van der Waals surface area contributed by atoms with Gasteiger partial charge in [0.15, 0.2) is 0 Å².